The molecule has 2 aliphatic heterocycles. The number of carbonyl (C=O) groups is 1. The van der Waals surface area contributed by atoms with Gasteiger partial charge in [0.2, 0.25) is 5.91 Å². The SMILES string of the molecule is CC1CC(C)N(C(=O)C2CCNC2)C1. The van der Waals surface area contributed by atoms with Crippen molar-refractivity contribution >= 4 is 5.91 Å². The number of amides is 1. The van der Waals surface area contributed by atoms with E-state index in [4.69, 9.17) is 0 Å². The van der Waals surface area contributed by atoms with Crippen molar-refractivity contribution in [2.45, 2.75) is 32.7 Å². The van der Waals surface area contributed by atoms with Crippen LogP contribution < -0.4 is 5.32 Å². The first kappa shape index (κ1) is 9.97. The minimum absolute atomic E-state index is 0.253. The molecule has 2 heterocycles. The Balaban J connectivity index is 1.96. The lowest BCUT2D eigenvalue weighted by Crippen LogP contribution is -2.39. The van der Waals surface area contributed by atoms with Gasteiger partial charge in [-0.1, -0.05) is 6.92 Å². The van der Waals surface area contributed by atoms with E-state index in [0.717, 1.165) is 26.1 Å². The van der Waals surface area contributed by atoms with Gasteiger partial charge in [-0.15, -0.1) is 0 Å². The van der Waals surface area contributed by atoms with Crippen molar-refractivity contribution in [2.24, 2.45) is 11.8 Å². The van der Waals surface area contributed by atoms with E-state index in [2.05, 4.69) is 24.1 Å². The van der Waals surface area contributed by atoms with Crippen LogP contribution >= 0.6 is 0 Å². The van der Waals surface area contributed by atoms with Gasteiger partial charge in [0.1, 0.15) is 0 Å². The standard InChI is InChI=1S/C11H20N2O/c1-8-5-9(2)13(7-8)11(14)10-3-4-12-6-10/h8-10,12H,3-7H2,1-2H3. The molecule has 0 aromatic rings. The Kier molecular flexibility index (Phi) is 2.77. The van der Waals surface area contributed by atoms with Gasteiger partial charge < -0.3 is 10.2 Å². The summed E-state index contributed by atoms with van der Waals surface area (Å²) in [6.07, 6.45) is 2.20. The molecule has 80 valence electrons. The van der Waals surface area contributed by atoms with Gasteiger partial charge in [0, 0.05) is 19.1 Å². The summed E-state index contributed by atoms with van der Waals surface area (Å²) in [5.74, 6) is 1.32. The van der Waals surface area contributed by atoms with Gasteiger partial charge in [0.25, 0.3) is 0 Å². The number of rotatable bonds is 1. The van der Waals surface area contributed by atoms with E-state index in [9.17, 15) is 4.79 Å². The number of nitrogens with one attached hydrogen (secondary N) is 1. The van der Waals surface area contributed by atoms with Gasteiger partial charge in [-0.3, -0.25) is 4.79 Å². The van der Waals surface area contributed by atoms with Crippen molar-refractivity contribution in [2.75, 3.05) is 19.6 Å². The van der Waals surface area contributed by atoms with Crippen LogP contribution in [0.15, 0.2) is 0 Å². The lowest BCUT2D eigenvalue weighted by Gasteiger charge is -2.24. The van der Waals surface area contributed by atoms with Crippen LogP contribution in [0, 0.1) is 11.8 Å². The summed E-state index contributed by atoms with van der Waals surface area (Å²) >= 11 is 0. The Hall–Kier alpha value is -0.570. The first-order valence-electron chi connectivity index (χ1n) is 5.69. The predicted octanol–water partition coefficient (Wildman–Crippen LogP) is 0.853. The molecule has 0 radical (unpaired) electrons. The van der Waals surface area contributed by atoms with Gasteiger partial charge >= 0.3 is 0 Å². The van der Waals surface area contributed by atoms with Crippen molar-refractivity contribution in [3.05, 3.63) is 0 Å². The van der Waals surface area contributed by atoms with Gasteiger partial charge in [-0.2, -0.15) is 0 Å². The molecule has 2 rings (SSSR count). The smallest absolute Gasteiger partial charge is 0.227 e. The van der Waals surface area contributed by atoms with Crippen LogP contribution in [0.3, 0.4) is 0 Å². The fraction of sp³-hybridized carbons (Fsp3) is 0.909. The molecule has 2 saturated heterocycles. The van der Waals surface area contributed by atoms with Crippen molar-refractivity contribution in [3.63, 3.8) is 0 Å². The van der Waals surface area contributed by atoms with E-state index >= 15 is 0 Å². The third kappa shape index (κ3) is 1.78. The van der Waals surface area contributed by atoms with Gasteiger partial charge in [0.15, 0.2) is 0 Å². The summed E-state index contributed by atoms with van der Waals surface area (Å²) in [5, 5.41) is 3.26. The van der Waals surface area contributed by atoms with E-state index < -0.39 is 0 Å². The molecule has 3 heteroatoms. The lowest BCUT2D eigenvalue weighted by atomic mass is 10.1. The van der Waals surface area contributed by atoms with E-state index in [1.165, 1.54) is 6.42 Å². The summed E-state index contributed by atoms with van der Waals surface area (Å²) in [6, 6.07) is 0.457. The zero-order valence-electron chi connectivity index (χ0n) is 9.12. The first-order chi connectivity index (χ1) is 6.68. The minimum atomic E-state index is 0.253. The van der Waals surface area contributed by atoms with Crippen molar-refractivity contribution in [3.8, 4) is 0 Å². The average Bonchev–Trinajstić information content (AvgIpc) is 2.73. The monoisotopic (exact) mass is 196 g/mol. The second-order valence-corrected chi connectivity index (χ2v) is 4.87. The Morgan fingerprint density at radius 3 is 2.71 bits per heavy atom. The molecule has 0 saturated carbocycles. The first-order valence-corrected chi connectivity index (χ1v) is 5.69. The molecule has 1 N–H and O–H groups in total. The van der Waals surface area contributed by atoms with E-state index in [0.29, 0.717) is 17.9 Å². The zero-order valence-corrected chi connectivity index (χ0v) is 9.12. The Morgan fingerprint density at radius 2 is 2.21 bits per heavy atom. The van der Waals surface area contributed by atoms with Crippen LogP contribution in [0.1, 0.15) is 26.7 Å². The van der Waals surface area contributed by atoms with Crippen LogP contribution in [0.2, 0.25) is 0 Å². The molecule has 0 spiro atoms. The van der Waals surface area contributed by atoms with E-state index in [1.807, 2.05) is 0 Å². The van der Waals surface area contributed by atoms with Gasteiger partial charge in [-0.25, -0.2) is 0 Å². The molecule has 1 amide bonds. The molecule has 2 fully saturated rings. The number of nitrogens with zero attached hydrogens (tertiary/aromatic N) is 1. The third-order valence-electron chi connectivity index (χ3n) is 3.48. The molecular weight excluding hydrogens is 176 g/mol. The quantitative estimate of drug-likeness (QED) is 0.674. The van der Waals surface area contributed by atoms with E-state index in [-0.39, 0.29) is 5.92 Å². The summed E-state index contributed by atoms with van der Waals surface area (Å²) in [7, 11) is 0. The van der Waals surface area contributed by atoms with Crippen molar-refractivity contribution < 1.29 is 4.79 Å². The Bertz CT molecular complexity index is 223. The zero-order chi connectivity index (χ0) is 10.1. The highest BCUT2D eigenvalue weighted by Crippen LogP contribution is 2.25. The number of likely N-dealkylation sites (tertiary alicyclic amines) is 1. The molecule has 14 heavy (non-hydrogen) atoms. The van der Waals surface area contributed by atoms with Crippen LogP contribution in [-0.4, -0.2) is 36.5 Å². The Labute approximate surface area is 85.8 Å². The summed E-state index contributed by atoms with van der Waals surface area (Å²) < 4.78 is 0. The van der Waals surface area contributed by atoms with Crippen LogP contribution in [0.4, 0.5) is 0 Å². The van der Waals surface area contributed by atoms with E-state index in [1.54, 1.807) is 0 Å². The average molecular weight is 196 g/mol. The number of carbonyl (C=O) groups excluding carboxylic acids is 1. The molecule has 2 aliphatic rings. The topological polar surface area (TPSA) is 32.3 Å². The minimum Gasteiger partial charge on any atom is -0.339 e. The Morgan fingerprint density at radius 1 is 1.43 bits per heavy atom. The van der Waals surface area contributed by atoms with Crippen molar-refractivity contribution in [1.82, 2.24) is 10.2 Å². The third-order valence-corrected chi connectivity index (χ3v) is 3.48. The predicted molar refractivity (Wildman–Crippen MR) is 55.9 cm³/mol. The lowest BCUT2D eigenvalue weighted by molar-refractivity contribution is -0.135. The number of hydrogen-bond acceptors (Lipinski definition) is 2. The highest BCUT2D eigenvalue weighted by atomic mass is 16.2. The highest BCUT2D eigenvalue weighted by Gasteiger charge is 2.34. The maximum Gasteiger partial charge on any atom is 0.227 e. The van der Waals surface area contributed by atoms with Crippen LogP contribution in [-0.2, 0) is 4.79 Å². The molecule has 0 bridgehead atoms. The molecule has 0 aromatic carbocycles. The van der Waals surface area contributed by atoms with Crippen LogP contribution in [0.25, 0.3) is 0 Å². The summed E-state index contributed by atoms with van der Waals surface area (Å²) in [6.45, 7) is 7.27. The van der Waals surface area contributed by atoms with Crippen molar-refractivity contribution in [1.29, 1.82) is 0 Å². The summed E-state index contributed by atoms with van der Waals surface area (Å²) in [5.41, 5.74) is 0. The maximum absolute atomic E-state index is 12.1. The van der Waals surface area contributed by atoms with Gasteiger partial charge in [-0.05, 0) is 32.2 Å². The molecule has 0 aliphatic carbocycles. The van der Waals surface area contributed by atoms with Gasteiger partial charge in [0.05, 0.1) is 5.92 Å². The summed E-state index contributed by atoms with van der Waals surface area (Å²) in [4.78, 5) is 14.2. The number of hydrogen-bond donors (Lipinski definition) is 1. The molecule has 3 nitrogen and oxygen atoms in total. The molecule has 0 aromatic heterocycles. The highest BCUT2D eigenvalue weighted by molar-refractivity contribution is 5.80. The maximum atomic E-state index is 12.1. The fourth-order valence-corrected chi connectivity index (χ4v) is 2.71. The molecule has 3 atom stereocenters. The van der Waals surface area contributed by atoms with Crippen LogP contribution in [0.5, 0.6) is 0 Å². The normalized spacial score (nSPS) is 37.9. The fourth-order valence-electron chi connectivity index (χ4n) is 2.71. The molecule has 3 unspecified atom stereocenters. The largest absolute Gasteiger partial charge is 0.339 e. The molecular formula is C11H20N2O. The second-order valence-electron chi connectivity index (χ2n) is 4.87. The second kappa shape index (κ2) is 3.89.